The molecule has 1 fully saturated rings. The van der Waals surface area contributed by atoms with Crippen molar-refractivity contribution in [2.24, 2.45) is 0 Å². The van der Waals surface area contributed by atoms with E-state index in [0.717, 1.165) is 10.0 Å². The molecule has 1 aromatic carbocycles. The lowest BCUT2D eigenvalue weighted by Crippen LogP contribution is -2.52. The summed E-state index contributed by atoms with van der Waals surface area (Å²) >= 11 is 3.36. The Hall–Kier alpha value is -1.86. The topological polar surface area (TPSA) is 76.1 Å². The lowest BCUT2D eigenvalue weighted by Gasteiger charge is -2.32. The minimum absolute atomic E-state index is 0.00905. The lowest BCUT2D eigenvalue weighted by atomic mass is 10.1. The molecule has 7 heteroatoms. The Morgan fingerprint density at radius 2 is 2.27 bits per heavy atom. The Labute approximate surface area is 136 Å². The number of halogens is 1. The fourth-order valence-corrected chi connectivity index (χ4v) is 2.54. The Morgan fingerprint density at radius 3 is 2.95 bits per heavy atom. The van der Waals surface area contributed by atoms with Crippen LogP contribution >= 0.6 is 15.9 Å². The maximum atomic E-state index is 12.2. The number of benzene rings is 1. The van der Waals surface area contributed by atoms with E-state index in [-0.39, 0.29) is 19.1 Å². The molecule has 0 aliphatic carbocycles. The van der Waals surface area contributed by atoms with Gasteiger partial charge >= 0.3 is 5.97 Å². The first-order chi connectivity index (χ1) is 10.5. The number of amides is 1. The molecule has 1 aliphatic rings. The number of methoxy groups -OCH3 is 1. The SMILES string of the molecule is COc1ccc(Br)cc1/C=C/C(=O)N1CCOCC1C(=O)O. The van der Waals surface area contributed by atoms with Crippen molar-refractivity contribution >= 4 is 33.9 Å². The van der Waals surface area contributed by atoms with E-state index in [9.17, 15) is 9.59 Å². The largest absolute Gasteiger partial charge is 0.496 e. The first-order valence-corrected chi connectivity index (χ1v) is 7.45. The van der Waals surface area contributed by atoms with Crippen LogP contribution in [0.5, 0.6) is 5.75 Å². The Morgan fingerprint density at radius 1 is 1.50 bits per heavy atom. The van der Waals surface area contributed by atoms with Gasteiger partial charge in [0.1, 0.15) is 5.75 Å². The maximum absolute atomic E-state index is 12.2. The number of carboxylic acids is 1. The number of hydrogen-bond donors (Lipinski definition) is 1. The van der Waals surface area contributed by atoms with E-state index in [1.807, 2.05) is 12.1 Å². The van der Waals surface area contributed by atoms with Gasteiger partial charge in [-0.05, 0) is 24.3 Å². The van der Waals surface area contributed by atoms with Gasteiger partial charge in [0.2, 0.25) is 5.91 Å². The third-order valence-electron chi connectivity index (χ3n) is 3.29. The summed E-state index contributed by atoms with van der Waals surface area (Å²) in [6.07, 6.45) is 2.96. The van der Waals surface area contributed by atoms with Crippen LogP contribution in [0, 0.1) is 0 Å². The molecule has 1 atom stereocenters. The monoisotopic (exact) mass is 369 g/mol. The molecule has 118 valence electrons. The zero-order valence-electron chi connectivity index (χ0n) is 12.0. The van der Waals surface area contributed by atoms with Crippen molar-refractivity contribution in [3.8, 4) is 5.75 Å². The van der Waals surface area contributed by atoms with Crippen molar-refractivity contribution in [2.75, 3.05) is 26.9 Å². The third-order valence-corrected chi connectivity index (χ3v) is 3.79. The van der Waals surface area contributed by atoms with Gasteiger partial charge in [-0.1, -0.05) is 15.9 Å². The third kappa shape index (κ3) is 3.86. The van der Waals surface area contributed by atoms with Crippen molar-refractivity contribution in [3.05, 3.63) is 34.3 Å². The second kappa shape index (κ2) is 7.42. The summed E-state index contributed by atoms with van der Waals surface area (Å²) in [7, 11) is 1.55. The van der Waals surface area contributed by atoms with Crippen LogP contribution in [0.4, 0.5) is 0 Å². The van der Waals surface area contributed by atoms with E-state index in [1.54, 1.807) is 19.3 Å². The van der Waals surface area contributed by atoms with Crippen molar-refractivity contribution in [1.82, 2.24) is 4.90 Å². The summed E-state index contributed by atoms with van der Waals surface area (Å²) in [5.74, 6) is -0.803. The highest BCUT2D eigenvalue weighted by Gasteiger charge is 2.31. The van der Waals surface area contributed by atoms with Crippen LogP contribution in [0.2, 0.25) is 0 Å². The molecule has 1 heterocycles. The number of nitrogens with zero attached hydrogens (tertiary/aromatic N) is 1. The molecule has 0 saturated carbocycles. The molecule has 1 saturated heterocycles. The standard InChI is InChI=1S/C15H16BrNO5/c1-21-13-4-3-11(16)8-10(13)2-5-14(18)17-6-7-22-9-12(17)15(19)20/h2-5,8,12H,6-7,9H2,1H3,(H,19,20)/b5-2+. The Balaban J connectivity index is 2.17. The number of hydrogen-bond acceptors (Lipinski definition) is 4. The fourth-order valence-electron chi connectivity index (χ4n) is 2.16. The minimum Gasteiger partial charge on any atom is -0.496 e. The van der Waals surface area contributed by atoms with E-state index >= 15 is 0 Å². The smallest absolute Gasteiger partial charge is 0.328 e. The van der Waals surface area contributed by atoms with E-state index in [1.165, 1.54) is 11.0 Å². The fraction of sp³-hybridized carbons (Fsp3) is 0.333. The zero-order valence-corrected chi connectivity index (χ0v) is 13.6. The molecule has 1 N–H and O–H groups in total. The van der Waals surface area contributed by atoms with E-state index in [2.05, 4.69) is 15.9 Å². The summed E-state index contributed by atoms with van der Waals surface area (Å²) in [4.78, 5) is 24.7. The van der Waals surface area contributed by atoms with Crippen LogP contribution in [0.3, 0.4) is 0 Å². The van der Waals surface area contributed by atoms with Crippen LogP contribution in [-0.4, -0.2) is 54.8 Å². The maximum Gasteiger partial charge on any atom is 0.328 e. The van der Waals surface area contributed by atoms with Gasteiger partial charge in [0.25, 0.3) is 0 Å². The molecule has 1 amide bonds. The van der Waals surface area contributed by atoms with Crippen LogP contribution in [-0.2, 0) is 14.3 Å². The van der Waals surface area contributed by atoms with Gasteiger partial charge in [-0.3, -0.25) is 4.79 Å². The summed E-state index contributed by atoms with van der Waals surface area (Å²) < 4.78 is 11.2. The van der Waals surface area contributed by atoms with Crippen molar-refractivity contribution in [2.45, 2.75) is 6.04 Å². The number of rotatable bonds is 4. The van der Waals surface area contributed by atoms with Crippen LogP contribution in [0.1, 0.15) is 5.56 Å². The molecular weight excluding hydrogens is 354 g/mol. The highest BCUT2D eigenvalue weighted by molar-refractivity contribution is 9.10. The van der Waals surface area contributed by atoms with Gasteiger partial charge in [0, 0.05) is 22.7 Å². The first kappa shape index (κ1) is 16.5. The molecule has 2 rings (SSSR count). The van der Waals surface area contributed by atoms with Crippen molar-refractivity contribution in [3.63, 3.8) is 0 Å². The molecular formula is C15H16BrNO5. The number of ether oxygens (including phenoxy) is 2. The van der Waals surface area contributed by atoms with E-state index in [4.69, 9.17) is 14.6 Å². The number of aliphatic carboxylic acids is 1. The second-order valence-electron chi connectivity index (χ2n) is 4.68. The highest BCUT2D eigenvalue weighted by atomic mass is 79.9. The van der Waals surface area contributed by atoms with Crippen LogP contribution in [0.15, 0.2) is 28.7 Å². The lowest BCUT2D eigenvalue weighted by molar-refractivity contribution is -0.156. The van der Waals surface area contributed by atoms with Gasteiger partial charge in [0.05, 0.1) is 20.3 Å². The van der Waals surface area contributed by atoms with Crippen molar-refractivity contribution < 1.29 is 24.2 Å². The van der Waals surface area contributed by atoms with Gasteiger partial charge in [-0.15, -0.1) is 0 Å². The summed E-state index contributed by atoms with van der Waals surface area (Å²) in [6.45, 7) is 0.606. The number of carbonyl (C=O) groups excluding carboxylic acids is 1. The second-order valence-corrected chi connectivity index (χ2v) is 5.60. The summed E-state index contributed by atoms with van der Waals surface area (Å²) in [6, 6.07) is 4.48. The summed E-state index contributed by atoms with van der Waals surface area (Å²) in [5.41, 5.74) is 0.727. The number of carboxylic acid groups (broad SMARTS) is 1. The van der Waals surface area contributed by atoms with Crippen molar-refractivity contribution in [1.29, 1.82) is 0 Å². The predicted octanol–water partition coefficient (Wildman–Crippen LogP) is 1.78. The van der Waals surface area contributed by atoms with E-state index in [0.29, 0.717) is 12.4 Å². The van der Waals surface area contributed by atoms with Crippen LogP contribution in [0.25, 0.3) is 6.08 Å². The molecule has 0 aromatic heterocycles. The molecule has 22 heavy (non-hydrogen) atoms. The molecule has 0 spiro atoms. The average molecular weight is 370 g/mol. The Kier molecular flexibility index (Phi) is 5.57. The zero-order chi connectivity index (χ0) is 16.1. The molecule has 1 aliphatic heterocycles. The normalized spacial score (nSPS) is 18.5. The molecule has 6 nitrogen and oxygen atoms in total. The molecule has 1 aromatic rings. The quantitative estimate of drug-likeness (QED) is 0.818. The first-order valence-electron chi connectivity index (χ1n) is 6.65. The predicted molar refractivity (Wildman–Crippen MR) is 83.7 cm³/mol. The molecule has 0 radical (unpaired) electrons. The molecule has 0 bridgehead atoms. The Bertz CT molecular complexity index is 602. The van der Waals surface area contributed by atoms with E-state index < -0.39 is 12.0 Å². The average Bonchev–Trinajstić information content (AvgIpc) is 2.52. The van der Waals surface area contributed by atoms with Crippen LogP contribution < -0.4 is 4.74 Å². The van der Waals surface area contributed by atoms with Gasteiger partial charge < -0.3 is 19.5 Å². The number of morpholine rings is 1. The summed E-state index contributed by atoms with van der Waals surface area (Å²) in [5, 5.41) is 9.14. The van der Waals surface area contributed by atoms with Gasteiger partial charge in [0.15, 0.2) is 6.04 Å². The van der Waals surface area contributed by atoms with Gasteiger partial charge in [-0.2, -0.15) is 0 Å². The minimum atomic E-state index is -1.07. The molecule has 1 unspecified atom stereocenters. The number of carbonyl (C=O) groups is 2. The van der Waals surface area contributed by atoms with Gasteiger partial charge in [-0.25, -0.2) is 4.79 Å². The highest BCUT2D eigenvalue weighted by Crippen LogP contribution is 2.24.